The smallest absolute Gasteiger partial charge is 0.303 e. The molecule has 6 heteroatoms. The molecule has 0 spiro atoms. The van der Waals surface area contributed by atoms with Crippen molar-refractivity contribution in [3.8, 4) is 0 Å². The number of hydrogen-bond acceptors (Lipinski definition) is 4. The van der Waals surface area contributed by atoms with Crippen LogP contribution in [0.25, 0.3) is 0 Å². The number of rotatable bonds is 3. The van der Waals surface area contributed by atoms with Crippen molar-refractivity contribution < 1.29 is 14.3 Å². The van der Waals surface area contributed by atoms with Gasteiger partial charge in [0, 0.05) is 18.5 Å². The van der Waals surface area contributed by atoms with E-state index in [1.54, 1.807) is 6.92 Å². The van der Waals surface area contributed by atoms with E-state index in [0.717, 1.165) is 25.7 Å². The Balaban J connectivity index is 1.83. The highest BCUT2D eigenvalue weighted by Gasteiger charge is 2.42. The second kappa shape index (κ2) is 5.00. The normalized spacial score (nSPS) is 28.7. The topological polar surface area (TPSA) is 66.3 Å². The average molecular weight is 279 g/mol. The van der Waals surface area contributed by atoms with Gasteiger partial charge in [0.1, 0.15) is 6.33 Å². The Bertz CT molecular complexity index is 523. The molecule has 0 amide bonds. The predicted octanol–water partition coefficient (Wildman–Crippen LogP) is 2.15. The fourth-order valence-corrected chi connectivity index (χ4v) is 3.67. The molecule has 20 heavy (non-hydrogen) atoms. The lowest BCUT2D eigenvalue weighted by atomic mass is 9.88. The lowest BCUT2D eigenvalue weighted by molar-refractivity contribution is -0.138. The number of piperidine rings is 1. The van der Waals surface area contributed by atoms with Gasteiger partial charge in [-0.3, -0.25) is 4.79 Å². The molecule has 2 saturated heterocycles. The minimum absolute atomic E-state index is 0.201. The van der Waals surface area contributed by atoms with Gasteiger partial charge < -0.3 is 10.0 Å². The highest BCUT2D eigenvalue weighted by molar-refractivity contribution is 5.67. The van der Waals surface area contributed by atoms with Crippen molar-refractivity contribution in [3.05, 3.63) is 17.8 Å². The van der Waals surface area contributed by atoms with E-state index in [1.165, 1.54) is 6.33 Å². The minimum Gasteiger partial charge on any atom is -0.481 e. The van der Waals surface area contributed by atoms with Crippen LogP contribution in [0.5, 0.6) is 0 Å². The van der Waals surface area contributed by atoms with Crippen molar-refractivity contribution >= 4 is 11.8 Å². The van der Waals surface area contributed by atoms with E-state index in [-0.39, 0.29) is 30.2 Å². The van der Waals surface area contributed by atoms with Crippen molar-refractivity contribution in [3.63, 3.8) is 0 Å². The van der Waals surface area contributed by atoms with E-state index < -0.39 is 5.97 Å². The molecule has 2 fully saturated rings. The van der Waals surface area contributed by atoms with Gasteiger partial charge in [0.15, 0.2) is 11.6 Å². The maximum Gasteiger partial charge on any atom is 0.303 e. The first kappa shape index (κ1) is 13.3. The Kier molecular flexibility index (Phi) is 3.31. The second-order valence-corrected chi connectivity index (χ2v) is 5.82. The Morgan fingerprint density at radius 3 is 2.65 bits per heavy atom. The van der Waals surface area contributed by atoms with Crippen LogP contribution >= 0.6 is 0 Å². The summed E-state index contributed by atoms with van der Waals surface area (Å²) in [7, 11) is 0. The first-order valence-electron chi connectivity index (χ1n) is 7.03. The van der Waals surface area contributed by atoms with E-state index in [4.69, 9.17) is 5.11 Å². The van der Waals surface area contributed by atoms with Crippen LogP contribution in [0.15, 0.2) is 6.33 Å². The van der Waals surface area contributed by atoms with E-state index in [2.05, 4.69) is 14.9 Å². The van der Waals surface area contributed by atoms with Crippen LogP contribution in [-0.2, 0) is 4.79 Å². The fraction of sp³-hybridized carbons (Fsp3) is 0.643. The molecule has 5 nitrogen and oxygen atoms in total. The largest absolute Gasteiger partial charge is 0.481 e. The standard InChI is InChI=1S/C14H18FN3O2/c1-8-13(15)14(17-7-16-8)18-10-2-3-11(18)5-9(4-10)6-12(19)20/h7,9-11H,2-6H2,1H3,(H,19,20). The Hall–Kier alpha value is -1.72. The van der Waals surface area contributed by atoms with Gasteiger partial charge in [0.2, 0.25) is 0 Å². The molecule has 2 bridgehead atoms. The van der Waals surface area contributed by atoms with Crippen LogP contribution in [-0.4, -0.2) is 33.1 Å². The highest BCUT2D eigenvalue weighted by Crippen LogP contribution is 2.42. The summed E-state index contributed by atoms with van der Waals surface area (Å²) < 4.78 is 14.2. The first-order chi connectivity index (χ1) is 9.56. The zero-order chi connectivity index (χ0) is 14.3. The number of aryl methyl sites for hydroxylation is 1. The Labute approximate surface area is 116 Å². The minimum atomic E-state index is -0.744. The molecular formula is C14H18FN3O2. The third-order valence-electron chi connectivity index (χ3n) is 4.48. The summed E-state index contributed by atoms with van der Waals surface area (Å²) in [6, 6.07) is 0.420. The van der Waals surface area contributed by atoms with E-state index in [1.807, 2.05) is 0 Å². The maximum atomic E-state index is 14.2. The van der Waals surface area contributed by atoms with E-state index in [9.17, 15) is 9.18 Å². The monoisotopic (exact) mass is 279 g/mol. The molecule has 3 rings (SSSR count). The van der Waals surface area contributed by atoms with Gasteiger partial charge in [-0.15, -0.1) is 0 Å². The van der Waals surface area contributed by atoms with Gasteiger partial charge >= 0.3 is 5.97 Å². The molecule has 1 aromatic rings. The number of aliphatic carboxylic acids is 1. The summed E-state index contributed by atoms with van der Waals surface area (Å²) in [5.74, 6) is -0.501. The van der Waals surface area contributed by atoms with Crippen molar-refractivity contribution in [1.29, 1.82) is 0 Å². The zero-order valence-electron chi connectivity index (χ0n) is 11.4. The summed E-state index contributed by atoms with van der Waals surface area (Å²) in [4.78, 5) is 20.9. The van der Waals surface area contributed by atoms with Crippen molar-refractivity contribution in [2.75, 3.05) is 4.90 Å². The molecule has 2 atom stereocenters. The zero-order valence-corrected chi connectivity index (χ0v) is 11.4. The molecule has 3 heterocycles. The Morgan fingerprint density at radius 2 is 2.05 bits per heavy atom. The van der Waals surface area contributed by atoms with Crippen LogP contribution in [0.1, 0.15) is 37.8 Å². The third kappa shape index (κ3) is 2.23. The van der Waals surface area contributed by atoms with Crippen LogP contribution < -0.4 is 4.90 Å². The summed E-state index contributed by atoms with van der Waals surface area (Å²) in [5, 5.41) is 8.93. The van der Waals surface area contributed by atoms with Crippen LogP contribution in [0.4, 0.5) is 10.2 Å². The van der Waals surface area contributed by atoms with Crippen molar-refractivity contribution in [2.45, 2.75) is 51.1 Å². The summed E-state index contributed by atoms with van der Waals surface area (Å²) in [6.07, 6.45) is 5.21. The molecule has 0 radical (unpaired) electrons. The summed E-state index contributed by atoms with van der Waals surface area (Å²) in [5.41, 5.74) is 0.363. The molecule has 1 N–H and O–H groups in total. The van der Waals surface area contributed by atoms with Gasteiger partial charge in [-0.2, -0.15) is 0 Å². The first-order valence-corrected chi connectivity index (χ1v) is 7.03. The maximum absolute atomic E-state index is 14.2. The van der Waals surface area contributed by atoms with E-state index >= 15 is 0 Å². The fourth-order valence-electron chi connectivity index (χ4n) is 3.67. The number of aromatic nitrogens is 2. The molecule has 2 unspecified atom stereocenters. The van der Waals surface area contributed by atoms with Gasteiger partial charge in [0.05, 0.1) is 5.69 Å². The lowest BCUT2D eigenvalue weighted by Crippen LogP contribution is -2.44. The van der Waals surface area contributed by atoms with Gasteiger partial charge in [0.25, 0.3) is 0 Å². The van der Waals surface area contributed by atoms with Crippen LogP contribution in [0, 0.1) is 18.7 Å². The number of nitrogens with zero attached hydrogens (tertiary/aromatic N) is 3. The molecule has 0 saturated carbocycles. The quantitative estimate of drug-likeness (QED) is 0.918. The highest BCUT2D eigenvalue weighted by atomic mass is 19.1. The molecule has 0 aliphatic carbocycles. The number of hydrogen-bond donors (Lipinski definition) is 1. The number of carbonyl (C=O) groups is 1. The predicted molar refractivity (Wildman–Crippen MR) is 71.0 cm³/mol. The SMILES string of the molecule is Cc1ncnc(N2C3CCC2CC(CC(=O)O)C3)c1F. The molecular weight excluding hydrogens is 261 g/mol. The third-order valence-corrected chi connectivity index (χ3v) is 4.48. The second-order valence-electron chi connectivity index (χ2n) is 5.82. The van der Waals surface area contributed by atoms with Gasteiger partial charge in [-0.25, -0.2) is 14.4 Å². The van der Waals surface area contributed by atoms with E-state index in [0.29, 0.717) is 11.5 Å². The van der Waals surface area contributed by atoms with Crippen LogP contribution in [0.3, 0.4) is 0 Å². The lowest BCUT2D eigenvalue weighted by Gasteiger charge is -2.39. The van der Waals surface area contributed by atoms with Crippen molar-refractivity contribution in [2.24, 2.45) is 5.92 Å². The molecule has 2 aliphatic rings. The number of fused-ring (bicyclic) bond motifs is 2. The summed E-state index contributed by atoms with van der Waals surface area (Å²) in [6.45, 7) is 1.64. The molecule has 1 aromatic heterocycles. The summed E-state index contributed by atoms with van der Waals surface area (Å²) >= 11 is 0. The number of halogens is 1. The van der Waals surface area contributed by atoms with Gasteiger partial charge in [-0.1, -0.05) is 0 Å². The Morgan fingerprint density at radius 1 is 1.40 bits per heavy atom. The number of carboxylic acid groups (broad SMARTS) is 1. The van der Waals surface area contributed by atoms with Crippen LogP contribution in [0.2, 0.25) is 0 Å². The van der Waals surface area contributed by atoms with Gasteiger partial charge in [-0.05, 0) is 38.5 Å². The molecule has 2 aliphatic heterocycles. The average Bonchev–Trinajstić information content (AvgIpc) is 2.64. The number of anilines is 1. The molecule has 108 valence electrons. The number of carboxylic acids is 1. The van der Waals surface area contributed by atoms with Crippen molar-refractivity contribution in [1.82, 2.24) is 9.97 Å². The molecule has 0 aromatic carbocycles.